The molecule has 1 N–H and O–H groups in total. The molecular formula is C33H35N7O4S2. The molecule has 11 nitrogen and oxygen atoms in total. The Kier molecular flexibility index (Phi) is 7.37. The molecule has 8 rings (SSSR count). The first-order valence-corrected chi connectivity index (χ1v) is 18.4. The monoisotopic (exact) mass is 657 g/mol. The molecule has 13 heteroatoms. The van der Waals surface area contributed by atoms with Gasteiger partial charge in [-0.15, -0.1) is 21.5 Å². The molecule has 2 aliphatic heterocycles. The van der Waals surface area contributed by atoms with Crippen LogP contribution in [0.1, 0.15) is 80.0 Å². The Morgan fingerprint density at radius 1 is 1.13 bits per heavy atom. The number of aryl methyl sites for hydroxylation is 3. The normalized spacial score (nSPS) is 21.7. The molecular weight excluding hydrogens is 623 g/mol. The molecule has 0 aromatic carbocycles. The maximum absolute atomic E-state index is 14.1. The zero-order chi connectivity index (χ0) is 31.6. The van der Waals surface area contributed by atoms with Crippen LogP contribution in [0.25, 0.3) is 32.1 Å². The Morgan fingerprint density at radius 2 is 2.02 bits per heavy atom. The SMILES string of the molecule is Cc1nnc(-c2c(CCC3CCCO3)nc3c(c2-c2cc4ncnc(NC5CCc6ncccc65)c4s2)S(=O)(=O)C[C@@H]3C(C)C)o1. The van der Waals surface area contributed by atoms with E-state index in [0.29, 0.717) is 35.0 Å². The minimum atomic E-state index is -3.68. The number of nitrogens with zero attached hydrogens (tertiary/aromatic N) is 6. The van der Waals surface area contributed by atoms with Crippen molar-refractivity contribution in [2.24, 2.45) is 5.92 Å². The largest absolute Gasteiger partial charge is 0.421 e. The third kappa shape index (κ3) is 5.08. The number of thiophene rings is 1. The predicted molar refractivity (Wildman–Crippen MR) is 175 cm³/mol. The van der Waals surface area contributed by atoms with E-state index in [4.69, 9.17) is 14.1 Å². The van der Waals surface area contributed by atoms with Crippen molar-refractivity contribution in [1.29, 1.82) is 0 Å². The first-order chi connectivity index (χ1) is 22.3. The summed E-state index contributed by atoms with van der Waals surface area (Å²) in [4.78, 5) is 20.0. The second-order valence-corrected chi connectivity index (χ2v) is 15.8. The van der Waals surface area contributed by atoms with Crippen molar-refractivity contribution in [2.45, 2.75) is 82.3 Å². The predicted octanol–water partition coefficient (Wildman–Crippen LogP) is 6.24. The van der Waals surface area contributed by atoms with Crippen molar-refractivity contribution in [3.8, 4) is 21.9 Å². The van der Waals surface area contributed by atoms with E-state index in [1.54, 1.807) is 13.3 Å². The number of rotatable bonds is 8. The zero-order valence-corrected chi connectivity index (χ0v) is 27.6. The van der Waals surface area contributed by atoms with E-state index in [9.17, 15) is 8.42 Å². The molecule has 0 spiro atoms. The number of anilines is 1. The van der Waals surface area contributed by atoms with Gasteiger partial charge in [-0.1, -0.05) is 19.9 Å². The summed E-state index contributed by atoms with van der Waals surface area (Å²) in [6.07, 6.45) is 8.75. The number of aromatic nitrogens is 6. The second kappa shape index (κ2) is 11.5. The summed E-state index contributed by atoms with van der Waals surface area (Å²) in [5, 5.41) is 12.2. The highest BCUT2D eigenvalue weighted by molar-refractivity contribution is 7.92. The maximum atomic E-state index is 14.1. The lowest BCUT2D eigenvalue weighted by molar-refractivity contribution is 0.104. The average Bonchev–Trinajstić information content (AvgIpc) is 3.87. The van der Waals surface area contributed by atoms with Gasteiger partial charge in [0.05, 0.1) is 50.0 Å². The number of hydrogen-bond acceptors (Lipinski definition) is 12. The number of nitrogens with one attached hydrogen (secondary N) is 1. The van der Waals surface area contributed by atoms with Gasteiger partial charge < -0.3 is 14.5 Å². The smallest absolute Gasteiger partial charge is 0.250 e. The first kappa shape index (κ1) is 29.6. The summed E-state index contributed by atoms with van der Waals surface area (Å²) in [7, 11) is -3.68. The summed E-state index contributed by atoms with van der Waals surface area (Å²) in [5.41, 5.74) is 5.55. The molecule has 5 aromatic rings. The van der Waals surface area contributed by atoms with Crippen molar-refractivity contribution >= 4 is 37.2 Å². The van der Waals surface area contributed by atoms with Crippen LogP contribution in [0, 0.1) is 12.8 Å². The van der Waals surface area contributed by atoms with Gasteiger partial charge in [0.1, 0.15) is 12.1 Å². The summed E-state index contributed by atoms with van der Waals surface area (Å²) in [5.74, 6) is 1.27. The fourth-order valence-corrected chi connectivity index (χ4v) is 10.5. The number of hydrogen-bond donors (Lipinski definition) is 1. The van der Waals surface area contributed by atoms with E-state index in [0.717, 1.165) is 65.2 Å². The molecule has 2 unspecified atom stereocenters. The van der Waals surface area contributed by atoms with Gasteiger partial charge in [0, 0.05) is 41.8 Å². The molecule has 1 aliphatic carbocycles. The molecule has 3 aliphatic rings. The van der Waals surface area contributed by atoms with Crippen molar-refractivity contribution in [3.05, 3.63) is 59.3 Å². The second-order valence-electron chi connectivity index (χ2n) is 12.8. The first-order valence-electron chi connectivity index (χ1n) is 15.9. The summed E-state index contributed by atoms with van der Waals surface area (Å²) >= 11 is 1.48. The summed E-state index contributed by atoms with van der Waals surface area (Å²) < 4.78 is 41.0. The minimum Gasteiger partial charge on any atom is -0.421 e. The number of ether oxygens (including phenoxy) is 1. The fourth-order valence-electron chi connectivity index (χ4n) is 7.13. The van der Waals surface area contributed by atoms with E-state index in [2.05, 4.69) is 50.4 Å². The van der Waals surface area contributed by atoms with E-state index in [-0.39, 0.29) is 40.5 Å². The molecule has 0 radical (unpaired) electrons. The lowest BCUT2D eigenvalue weighted by atomic mass is 9.90. The quantitative estimate of drug-likeness (QED) is 0.202. The Morgan fingerprint density at radius 3 is 2.80 bits per heavy atom. The fraction of sp³-hybridized carbons (Fsp3) is 0.455. The summed E-state index contributed by atoms with van der Waals surface area (Å²) in [6.45, 7) is 6.61. The Labute approximate surface area is 271 Å². The van der Waals surface area contributed by atoms with Crippen LogP contribution in [0.3, 0.4) is 0 Å². The molecule has 5 aromatic heterocycles. The van der Waals surface area contributed by atoms with Crippen LogP contribution in [0.15, 0.2) is 40.0 Å². The van der Waals surface area contributed by atoms with E-state index >= 15 is 0 Å². The van der Waals surface area contributed by atoms with Crippen LogP contribution in [-0.4, -0.2) is 57.0 Å². The van der Waals surface area contributed by atoms with Gasteiger partial charge in [-0.25, -0.2) is 18.4 Å². The summed E-state index contributed by atoms with van der Waals surface area (Å²) in [6, 6.07) is 6.11. The van der Waals surface area contributed by atoms with E-state index < -0.39 is 9.84 Å². The average molecular weight is 658 g/mol. The number of pyridine rings is 2. The van der Waals surface area contributed by atoms with Gasteiger partial charge in [0.15, 0.2) is 9.84 Å². The Balaban J connectivity index is 1.32. The Bertz CT molecular complexity index is 2070. The maximum Gasteiger partial charge on any atom is 0.250 e. The van der Waals surface area contributed by atoms with Crippen LogP contribution in [0.2, 0.25) is 0 Å². The van der Waals surface area contributed by atoms with Crippen LogP contribution >= 0.6 is 11.3 Å². The molecule has 238 valence electrons. The molecule has 0 bridgehead atoms. The molecule has 0 amide bonds. The molecule has 0 saturated carbocycles. The zero-order valence-electron chi connectivity index (χ0n) is 26.0. The highest BCUT2D eigenvalue weighted by atomic mass is 32.2. The molecule has 1 saturated heterocycles. The molecule has 46 heavy (non-hydrogen) atoms. The van der Waals surface area contributed by atoms with Crippen LogP contribution in [0.4, 0.5) is 5.82 Å². The van der Waals surface area contributed by atoms with Crippen LogP contribution in [-0.2, 0) is 27.4 Å². The van der Waals surface area contributed by atoms with Crippen molar-refractivity contribution in [3.63, 3.8) is 0 Å². The standard InChI is InChI=1S/C33H35N7O4S2/c1-17(2)21-15-46(41,42)31-28(27(33-40-39-18(3)44-33)24(37-29(21)31)9-8-19-6-5-13-43-19)26-14-25-30(45-26)32(36-16-35-25)38-23-11-10-22-20(23)7-4-12-34-22/h4,7,12,14,16-17,19,21,23H,5-6,8-11,13,15H2,1-3H3,(H,35,36,38)/t19?,21-,23?/m1/s1. The van der Waals surface area contributed by atoms with Crippen molar-refractivity contribution in [2.75, 3.05) is 17.7 Å². The highest BCUT2D eigenvalue weighted by Crippen LogP contribution is 2.51. The number of sulfone groups is 1. The third-order valence-corrected chi connectivity index (χ3v) is 12.4. The molecule has 7 heterocycles. The minimum absolute atomic E-state index is 0.0180. The molecule has 3 atom stereocenters. The van der Waals surface area contributed by atoms with Crippen LogP contribution < -0.4 is 5.32 Å². The lowest BCUT2D eigenvalue weighted by Crippen LogP contribution is -2.12. The van der Waals surface area contributed by atoms with Gasteiger partial charge >= 0.3 is 0 Å². The van der Waals surface area contributed by atoms with Gasteiger partial charge in [-0.2, -0.15) is 0 Å². The van der Waals surface area contributed by atoms with Gasteiger partial charge in [-0.3, -0.25) is 9.97 Å². The van der Waals surface area contributed by atoms with Gasteiger partial charge in [0.25, 0.3) is 0 Å². The van der Waals surface area contributed by atoms with Crippen molar-refractivity contribution < 1.29 is 17.6 Å². The van der Waals surface area contributed by atoms with Crippen molar-refractivity contribution in [1.82, 2.24) is 30.1 Å². The van der Waals surface area contributed by atoms with Gasteiger partial charge in [-0.05, 0) is 62.1 Å². The lowest BCUT2D eigenvalue weighted by Gasteiger charge is -2.19. The van der Waals surface area contributed by atoms with Crippen LogP contribution in [0.5, 0.6) is 0 Å². The van der Waals surface area contributed by atoms with E-state index in [1.165, 1.54) is 16.9 Å². The number of fused-ring (bicyclic) bond motifs is 3. The Hall–Kier alpha value is -3.81. The highest BCUT2D eigenvalue weighted by Gasteiger charge is 2.43. The van der Waals surface area contributed by atoms with Gasteiger partial charge in [0.2, 0.25) is 11.8 Å². The third-order valence-electron chi connectivity index (χ3n) is 9.43. The topological polar surface area (TPSA) is 146 Å². The van der Waals surface area contributed by atoms with E-state index in [1.807, 2.05) is 18.3 Å². The molecule has 1 fully saturated rings.